The Morgan fingerprint density at radius 2 is 1.17 bits per heavy atom. The molecule has 0 amide bonds. The van der Waals surface area contributed by atoms with Crippen molar-refractivity contribution in [2.75, 3.05) is 0 Å². The van der Waals surface area contributed by atoms with Crippen LogP contribution in [0.3, 0.4) is 0 Å². The number of esters is 1. The van der Waals surface area contributed by atoms with Crippen LogP contribution in [-0.2, 0) is 9.53 Å². The van der Waals surface area contributed by atoms with Gasteiger partial charge >= 0.3 is 5.97 Å². The second-order valence-electron chi connectivity index (χ2n) is 6.93. The first-order valence-electron chi connectivity index (χ1n) is 10.4. The average molecular weight is 342 g/mol. The predicted octanol–water partition coefficient (Wildman–Crippen LogP) is 6.33. The monoisotopic (exact) mass is 341 g/mol. The second kappa shape index (κ2) is 18.8. The number of rotatable bonds is 18. The van der Waals surface area contributed by atoms with Gasteiger partial charge in [0.2, 0.25) is 6.29 Å². The Labute approximate surface area is 150 Å². The van der Waals surface area contributed by atoms with Crippen LogP contribution in [0.15, 0.2) is 0 Å². The van der Waals surface area contributed by atoms with E-state index in [1.807, 2.05) is 0 Å². The highest BCUT2D eigenvalue weighted by molar-refractivity contribution is 5.69. The number of carbonyl (C=O) groups is 1. The largest absolute Gasteiger partial charge is 0.436 e. The first-order valence-corrected chi connectivity index (χ1v) is 10.4. The highest BCUT2D eigenvalue weighted by Crippen LogP contribution is 2.13. The normalized spacial score (nSPS) is 12.3. The highest BCUT2D eigenvalue weighted by Gasteiger charge is 2.07. The Balaban J connectivity index is 3.11. The van der Waals surface area contributed by atoms with Gasteiger partial charge in [-0.3, -0.25) is 4.79 Å². The molecule has 0 saturated carbocycles. The SMILES string of the molecule is [CH2]CC(O)OC(=O)CCCCCCCCCCCCCCCCC. The van der Waals surface area contributed by atoms with Gasteiger partial charge < -0.3 is 9.84 Å². The zero-order valence-electron chi connectivity index (χ0n) is 16.1. The van der Waals surface area contributed by atoms with E-state index >= 15 is 0 Å². The molecule has 1 radical (unpaired) electrons. The standard InChI is InChI=1S/C21H41O3/c1-3-5-6-7-8-9-10-11-12-13-14-15-16-17-18-19-21(23)24-20(22)4-2/h20,22H,2-19H2,1H3. The van der Waals surface area contributed by atoms with E-state index in [2.05, 4.69) is 13.8 Å². The molecule has 1 unspecified atom stereocenters. The third-order valence-corrected chi connectivity index (χ3v) is 4.50. The quantitative estimate of drug-likeness (QED) is 0.180. The van der Waals surface area contributed by atoms with E-state index in [1.165, 1.54) is 83.5 Å². The van der Waals surface area contributed by atoms with Gasteiger partial charge in [-0.05, 0) is 13.3 Å². The van der Waals surface area contributed by atoms with Crippen LogP contribution in [0.2, 0.25) is 0 Å². The van der Waals surface area contributed by atoms with E-state index in [-0.39, 0.29) is 12.4 Å². The van der Waals surface area contributed by atoms with Crippen molar-refractivity contribution in [3.8, 4) is 0 Å². The molecular formula is C21H41O3. The van der Waals surface area contributed by atoms with Crippen LogP contribution in [-0.4, -0.2) is 17.4 Å². The van der Waals surface area contributed by atoms with Crippen molar-refractivity contribution in [2.45, 2.75) is 122 Å². The summed E-state index contributed by atoms with van der Waals surface area (Å²) in [5, 5.41) is 9.15. The first-order chi connectivity index (χ1) is 11.7. The molecule has 143 valence electrons. The summed E-state index contributed by atoms with van der Waals surface area (Å²) in [7, 11) is 0. The van der Waals surface area contributed by atoms with Gasteiger partial charge in [-0.1, -0.05) is 96.8 Å². The molecule has 0 bridgehead atoms. The lowest BCUT2D eigenvalue weighted by molar-refractivity contribution is -0.167. The van der Waals surface area contributed by atoms with Gasteiger partial charge in [-0.25, -0.2) is 0 Å². The Morgan fingerprint density at radius 1 is 0.792 bits per heavy atom. The van der Waals surface area contributed by atoms with Crippen LogP contribution < -0.4 is 0 Å². The number of ether oxygens (including phenoxy) is 1. The Hall–Kier alpha value is -0.570. The van der Waals surface area contributed by atoms with Crippen LogP contribution >= 0.6 is 0 Å². The number of hydrogen-bond donors (Lipinski definition) is 1. The van der Waals surface area contributed by atoms with E-state index in [4.69, 9.17) is 9.84 Å². The summed E-state index contributed by atoms with van der Waals surface area (Å²) in [5.74, 6) is -0.305. The molecule has 0 aromatic rings. The van der Waals surface area contributed by atoms with Crippen molar-refractivity contribution in [3.05, 3.63) is 6.92 Å². The maximum absolute atomic E-state index is 11.3. The van der Waals surface area contributed by atoms with Crippen LogP contribution in [0.4, 0.5) is 0 Å². The van der Waals surface area contributed by atoms with Crippen molar-refractivity contribution in [2.24, 2.45) is 0 Å². The minimum Gasteiger partial charge on any atom is -0.436 e. The molecule has 0 fully saturated rings. The van der Waals surface area contributed by atoms with Crippen LogP contribution in [0, 0.1) is 6.92 Å². The molecule has 0 aliphatic heterocycles. The lowest BCUT2D eigenvalue weighted by atomic mass is 10.0. The molecule has 0 spiro atoms. The third kappa shape index (κ3) is 17.8. The van der Waals surface area contributed by atoms with Crippen LogP contribution in [0.5, 0.6) is 0 Å². The van der Waals surface area contributed by atoms with E-state index in [0.717, 1.165) is 12.8 Å². The number of carbonyl (C=O) groups excluding carboxylic acids is 1. The van der Waals surface area contributed by atoms with Crippen molar-refractivity contribution < 1.29 is 14.6 Å². The maximum Gasteiger partial charge on any atom is 0.308 e. The molecule has 0 saturated heterocycles. The van der Waals surface area contributed by atoms with Gasteiger partial charge in [0.1, 0.15) is 0 Å². The first kappa shape index (κ1) is 23.4. The Bertz CT molecular complexity index is 266. The minimum atomic E-state index is -1.03. The van der Waals surface area contributed by atoms with Crippen molar-refractivity contribution >= 4 is 5.97 Å². The molecule has 3 heteroatoms. The Morgan fingerprint density at radius 3 is 1.54 bits per heavy atom. The fourth-order valence-corrected chi connectivity index (χ4v) is 2.91. The summed E-state index contributed by atoms with van der Waals surface area (Å²) in [5.41, 5.74) is 0. The molecular weight excluding hydrogens is 300 g/mol. The van der Waals surface area contributed by atoms with Crippen molar-refractivity contribution in [1.82, 2.24) is 0 Å². The van der Waals surface area contributed by atoms with Gasteiger partial charge in [0.25, 0.3) is 0 Å². The van der Waals surface area contributed by atoms with Gasteiger partial charge in [0, 0.05) is 12.8 Å². The molecule has 1 N–H and O–H groups in total. The van der Waals surface area contributed by atoms with Gasteiger partial charge in [-0.2, -0.15) is 0 Å². The van der Waals surface area contributed by atoms with Crippen molar-refractivity contribution in [3.63, 3.8) is 0 Å². The molecule has 0 heterocycles. The molecule has 0 aliphatic carbocycles. The lowest BCUT2D eigenvalue weighted by Gasteiger charge is -2.09. The van der Waals surface area contributed by atoms with E-state index in [9.17, 15) is 4.79 Å². The molecule has 0 aliphatic rings. The summed E-state index contributed by atoms with van der Waals surface area (Å²) < 4.78 is 4.77. The summed E-state index contributed by atoms with van der Waals surface area (Å²) >= 11 is 0. The Kier molecular flexibility index (Phi) is 18.3. The summed E-state index contributed by atoms with van der Waals surface area (Å²) in [6, 6.07) is 0. The van der Waals surface area contributed by atoms with Crippen molar-refractivity contribution in [1.29, 1.82) is 0 Å². The number of aliphatic hydroxyl groups excluding tert-OH is 1. The number of aliphatic hydroxyl groups is 1. The third-order valence-electron chi connectivity index (χ3n) is 4.50. The van der Waals surface area contributed by atoms with E-state index < -0.39 is 6.29 Å². The van der Waals surface area contributed by atoms with Gasteiger partial charge in [0.05, 0.1) is 0 Å². The second-order valence-corrected chi connectivity index (χ2v) is 6.93. The van der Waals surface area contributed by atoms with E-state index in [1.54, 1.807) is 0 Å². The predicted molar refractivity (Wildman–Crippen MR) is 102 cm³/mol. The molecule has 1 atom stereocenters. The number of unbranched alkanes of at least 4 members (excludes halogenated alkanes) is 14. The van der Waals surface area contributed by atoms with Gasteiger partial charge in [-0.15, -0.1) is 0 Å². The topological polar surface area (TPSA) is 46.5 Å². The average Bonchev–Trinajstić information content (AvgIpc) is 2.58. The fraction of sp³-hybridized carbons (Fsp3) is 0.905. The highest BCUT2D eigenvalue weighted by atomic mass is 16.6. The fourth-order valence-electron chi connectivity index (χ4n) is 2.91. The summed E-state index contributed by atoms with van der Waals surface area (Å²) in [6.07, 6.45) is 19.3. The summed E-state index contributed by atoms with van der Waals surface area (Å²) in [6.45, 7) is 5.76. The lowest BCUT2D eigenvalue weighted by Crippen LogP contribution is -2.16. The molecule has 3 nitrogen and oxygen atoms in total. The van der Waals surface area contributed by atoms with Crippen LogP contribution in [0.1, 0.15) is 116 Å². The zero-order chi connectivity index (χ0) is 17.9. The molecule has 0 aromatic heterocycles. The zero-order valence-corrected chi connectivity index (χ0v) is 16.1. The summed E-state index contributed by atoms with van der Waals surface area (Å²) in [4.78, 5) is 11.3. The molecule has 0 rings (SSSR count). The number of hydrogen-bond acceptors (Lipinski definition) is 3. The maximum atomic E-state index is 11.3. The van der Waals surface area contributed by atoms with Gasteiger partial charge in [0.15, 0.2) is 0 Å². The smallest absolute Gasteiger partial charge is 0.308 e. The minimum absolute atomic E-state index is 0.213. The molecule has 0 aromatic carbocycles. The molecule has 24 heavy (non-hydrogen) atoms. The van der Waals surface area contributed by atoms with E-state index in [0.29, 0.717) is 6.42 Å². The van der Waals surface area contributed by atoms with Crippen LogP contribution in [0.25, 0.3) is 0 Å².